The second kappa shape index (κ2) is 3.49. The molecule has 2 aromatic rings. The summed E-state index contributed by atoms with van der Waals surface area (Å²) in [6.45, 7) is 0. The predicted molar refractivity (Wildman–Crippen MR) is 48.7 cm³/mol. The number of rotatable bonds is 2. The molecule has 15 heavy (non-hydrogen) atoms. The first-order valence-corrected chi connectivity index (χ1v) is 4.06. The molecular weight excluding hydrogens is 201 g/mol. The highest BCUT2D eigenvalue weighted by Gasteiger charge is 2.14. The number of nitrogens with zero attached hydrogens (tertiary/aromatic N) is 2. The molecule has 2 rings (SSSR count). The molecule has 0 unspecified atom stereocenters. The maximum atomic E-state index is 12.8. The number of nitrogens with one attached hydrogen (secondary N) is 1. The Hall–Kier alpha value is -2.24. The fraction of sp³-hybridized carbons (Fsp3) is 0. The van der Waals surface area contributed by atoms with Crippen LogP contribution in [0, 0.1) is 5.82 Å². The van der Waals surface area contributed by atoms with E-state index in [2.05, 4.69) is 15.2 Å². The second-order valence-corrected chi connectivity index (χ2v) is 2.86. The van der Waals surface area contributed by atoms with Crippen molar-refractivity contribution < 1.29 is 14.3 Å². The molecule has 2 N–H and O–H groups in total. The standard InChI is InChI=1S/C9H6FN3O2/c10-6-1-5(2-11-3-6)8-7(9(14)15)4-12-13-8/h1-4H,(H,12,13)(H,14,15). The molecule has 76 valence electrons. The summed E-state index contributed by atoms with van der Waals surface area (Å²) in [6, 6.07) is 1.19. The molecule has 6 heteroatoms. The summed E-state index contributed by atoms with van der Waals surface area (Å²) < 4.78 is 12.8. The third-order valence-corrected chi connectivity index (χ3v) is 1.86. The molecule has 0 spiro atoms. The third kappa shape index (κ3) is 1.69. The summed E-state index contributed by atoms with van der Waals surface area (Å²) in [6.07, 6.45) is 3.58. The number of hydrogen-bond donors (Lipinski definition) is 2. The van der Waals surface area contributed by atoms with Gasteiger partial charge >= 0.3 is 5.97 Å². The second-order valence-electron chi connectivity index (χ2n) is 2.86. The van der Waals surface area contributed by atoms with Crippen LogP contribution in [0.3, 0.4) is 0 Å². The fourth-order valence-electron chi connectivity index (χ4n) is 1.22. The molecule has 5 nitrogen and oxygen atoms in total. The number of pyridine rings is 1. The molecule has 0 amide bonds. The van der Waals surface area contributed by atoms with Crippen LogP contribution in [0.2, 0.25) is 0 Å². The van der Waals surface area contributed by atoms with Gasteiger partial charge in [0, 0.05) is 11.8 Å². The molecule has 0 saturated carbocycles. The molecule has 0 saturated heterocycles. The van der Waals surface area contributed by atoms with Gasteiger partial charge in [0.25, 0.3) is 0 Å². The average Bonchev–Trinajstić information content (AvgIpc) is 2.65. The van der Waals surface area contributed by atoms with Gasteiger partial charge in [-0.25, -0.2) is 9.18 Å². The van der Waals surface area contributed by atoms with E-state index in [1.54, 1.807) is 0 Å². The van der Waals surface area contributed by atoms with E-state index >= 15 is 0 Å². The van der Waals surface area contributed by atoms with Crippen LogP contribution in [0.1, 0.15) is 10.4 Å². The summed E-state index contributed by atoms with van der Waals surface area (Å²) in [5, 5.41) is 14.9. The number of aromatic nitrogens is 3. The van der Waals surface area contributed by atoms with Gasteiger partial charge in [0.1, 0.15) is 11.4 Å². The maximum absolute atomic E-state index is 12.8. The molecule has 0 aromatic carbocycles. The van der Waals surface area contributed by atoms with Crippen LogP contribution in [-0.4, -0.2) is 26.3 Å². The van der Waals surface area contributed by atoms with Crippen molar-refractivity contribution in [3.05, 3.63) is 36.0 Å². The number of halogens is 1. The molecule has 0 aliphatic heterocycles. The van der Waals surface area contributed by atoms with Crippen molar-refractivity contribution in [3.8, 4) is 11.3 Å². The smallest absolute Gasteiger partial charge is 0.339 e. The Morgan fingerprint density at radius 1 is 1.40 bits per heavy atom. The number of hydrogen-bond acceptors (Lipinski definition) is 3. The lowest BCUT2D eigenvalue weighted by atomic mass is 10.1. The Morgan fingerprint density at radius 3 is 2.87 bits per heavy atom. The molecule has 0 aliphatic rings. The van der Waals surface area contributed by atoms with Crippen LogP contribution in [-0.2, 0) is 0 Å². The van der Waals surface area contributed by atoms with Gasteiger partial charge in [0.05, 0.1) is 18.1 Å². The van der Waals surface area contributed by atoms with Gasteiger partial charge in [0.2, 0.25) is 0 Å². The highest BCUT2D eigenvalue weighted by Crippen LogP contribution is 2.20. The molecule has 2 heterocycles. The zero-order valence-electron chi connectivity index (χ0n) is 7.44. The van der Waals surface area contributed by atoms with E-state index in [4.69, 9.17) is 5.11 Å². The number of H-pyrrole nitrogens is 1. The van der Waals surface area contributed by atoms with Gasteiger partial charge in [-0.05, 0) is 6.07 Å². The monoisotopic (exact) mass is 207 g/mol. The van der Waals surface area contributed by atoms with E-state index in [0.29, 0.717) is 5.56 Å². The topological polar surface area (TPSA) is 78.9 Å². The van der Waals surface area contributed by atoms with E-state index in [0.717, 1.165) is 6.20 Å². The van der Waals surface area contributed by atoms with Crippen molar-refractivity contribution >= 4 is 5.97 Å². The van der Waals surface area contributed by atoms with Crippen molar-refractivity contribution in [3.63, 3.8) is 0 Å². The molecule has 2 aromatic heterocycles. The van der Waals surface area contributed by atoms with Crippen molar-refractivity contribution in [1.29, 1.82) is 0 Å². The number of aromatic amines is 1. The SMILES string of the molecule is O=C(O)c1cn[nH]c1-c1cncc(F)c1. The Morgan fingerprint density at radius 2 is 2.20 bits per heavy atom. The van der Waals surface area contributed by atoms with Gasteiger partial charge in [0.15, 0.2) is 0 Å². The summed E-state index contributed by atoms with van der Waals surface area (Å²) >= 11 is 0. The highest BCUT2D eigenvalue weighted by atomic mass is 19.1. The van der Waals surface area contributed by atoms with Gasteiger partial charge < -0.3 is 5.11 Å². The minimum Gasteiger partial charge on any atom is -0.478 e. The van der Waals surface area contributed by atoms with Gasteiger partial charge in [-0.2, -0.15) is 5.10 Å². The van der Waals surface area contributed by atoms with Crippen molar-refractivity contribution in [2.45, 2.75) is 0 Å². The van der Waals surface area contributed by atoms with E-state index in [1.165, 1.54) is 18.5 Å². The number of aromatic carboxylic acids is 1. The first-order valence-electron chi connectivity index (χ1n) is 4.06. The van der Waals surface area contributed by atoms with Crippen molar-refractivity contribution in [1.82, 2.24) is 15.2 Å². The fourth-order valence-corrected chi connectivity index (χ4v) is 1.22. The normalized spacial score (nSPS) is 10.2. The third-order valence-electron chi connectivity index (χ3n) is 1.86. The Labute approximate surface area is 83.6 Å². The van der Waals surface area contributed by atoms with Crippen molar-refractivity contribution in [2.75, 3.05) is 0 Å². The zero-order valence-corrected chi connectivity index (χ0v) is 7.44. The highest BCUT2D eigenvalue weighted by molar-refractivity contribution is 5.94. The van der Waals surface area contributed by atoms with Crippen LogP contribution in [0.25, 0.3) is 11.3 Å². The minimum absolute atomic E-state index is 0.0117. The van der Waals surface area contributed by atoms with Crippen LogP contribution in [0.4, 0.5) is 4.39 Å². The van der Waals surface area contributed by atoms with Crippen LogP contribution >= 0.6 is 0 Å². The lowest BCUT2D eigenvalue weighted by Crippen LogP contribution is -1.97. The van der Waals surface area contributed by atoms with Crippen LogP contribution in [0.5, 0.6) is 0 Å². The largest absolute Gasteiger partial charge is 0.478 e. The maximum Gasteiger partial charge on any atom is 0.339 e. The first-order chi connectivity index (χ1) is 7.18. The Kier molecular flexibility index (Phi) is 2.17. The molecule has 0 atom stereocenters. The lowest BCUT2D eigenvalue weighted by Gasteiger charge is -1.98. The zero-order chi connectivity index (χ0) is 10.8. The quantitative estimate of drug-likeness (QED) is 0.778. The van der Waals surface area contributed by atoms with Gasteiger partial charge in [-0.15, -0.1) is 0 Å². The number of carboxylic acids is 1. The molecule has 0 radical (unpaired) electrons. The number of carboxylic acid groups (broad SMARTS) is 1. The Bertz CT molecular complexity index is 510. The van der Waals surface area contributed by atoms with E-state index in [-0.39, 0.29) is 11.3 Å². The lowest BCUT2D eigenvalue weighted by molar-refractivity contribution is 0.0698. The summed E-state index contributed by atoms with van der Waals surface area (Å²) in [5.74, 6) is -1.65. The summed E-state index contributed by atoms with van der Waals surface area (Å²) in [4.78, 5) is 14.4. The van der Waals surface area contributed by atoms with E-state index < -0.39 is 11.8 Å². The predicted octanol–water partition coefficient (Wildman–Crippen LogP) is 1.31. The van der Waals surface area contributed by atoms with Crippen molar-refractivity contribution in [2.24, 2.45) is 0 Å². The van der Waals surface area contributed by atoms with Gasteiger partial charge in [-0.3, -0.25) is 10.1 Å². The van der Waals surface area contributed by atoms with Gasteiger partial charge in [-0.1, -0.05) is 0 Å². The van der Waals surface area contributed by atoms with E-state index in [9.17, 15) is 9.18 Å². The van der Waals surface area contributed by atoms with Crippen LogP contribution in [0.15, 0.2) is 24.7 Å². The minimum atomic E-state index is -1.12. The summed E-state index contributed by atoms with van der Waals surface area (Å²) in [5.41, 5.74) is 0.585. The molecule has 0 fully saturated rings. The average molecular weight is 207 g/mol. The molecule has 0 aliphatic carbocycles. The molecule has 0 bridgehead atoms. The Balaban J connectivity index is 2.54. The van der Waals surface area contributed by atoms with Crippen LogP contribution < -0.4 is 0 Å². The molecular formula is C9H6FN3O2. The summed E-state index contributed by atoms with van der Waals surface area (Å²) in [7, 11) is 0. The first kappa shape index (κ1) is 9.32. The van der Waals surface area contributed by atoms with E-state index in [1.807, 2.05) is 0 Å². The number of carbonyl (C=O) groups is 1.